The van der Waals surface area contributed by atoms with Gasteiger partial charge in [0, 0.05) is 31.7 Å². The maximum atomic E-state index is 12.5. The van der Waals surface area contributed by atoms with Crippen molar-refractivity contribution in [3.63, 3.8) is 0 Å². The Kier molecular flexibility index (Phi) is 9.21. The van der Waals surface area contributed by atoms with Gasteiger partial charge in [0.05, 0.1) is 18.8 Å². The minimum absolute atomic E-state index is 0.327. The van der Waals surface area contributed by atoms with Gasteiger partial charge in [0.15, 0.2) is 0 Å². The van der Waals surface area contributed by atoms with Crippen molar-refractivity contribution in [2.24, 2.45) is 22.7 Å². The molecule has 1 aliphatic carbocycles. The summed E-state index contributed by atoms with van der Waals surface area (Å²) in [5.41, 5.74) is 0.451. The minimum Gasteiger partial charge on any atom is -0.377 e. The van der Waals surface area contributed by atoms with Crippen molar-refractivity contribution in [2.45, 2.75) is 38.5 Å². The lowest BCUT2D eigenvalue weighted by molar-refractivity contribution is 0.0885. The first kappa shape index (κ1) is 24.8. The third-order valence-corrected chi connectivity index (χ3v) is 6.78. The Bertz CT molecular complexity index is 1040. The molecule has 0 spiro atoms. The molecule has 3 atom stereocenters. The van der Waals surface area contributed by atoms with Crippen LogP contribution in [0.15, 0.2) is 73.0 Å². The molecule has 1 saturated heterocycles. The second kappa shape index (κ2) is 13.0. The highest BCUT2D eigenvalue weighted by Crippen LogP contribution is 2.32. The van der Waals surface area contributed by atoms with E-state index in [0.717, 1.165) is 32.5 Å². The summed E-state index contributed by atoms with van der Waals surface area (Å²) in [6, 6.07) is 3.52. The Labute approximate surface area is 207 Å². The van der Waals surface area contributed by atoms with Crippen LogP contribution in [0.2, 0.25) is 0 Å². The average molecular weight is 474 g/mol. The van der Waals surface area contributed by atoms with Crippen LogP contribution < -0.4 is 0 Å². The van der Waals surface area contributed by atoms with E-state index >= 15 is 0 Å². The Morgan fingerprint density at radius 3 is 2.89 bits per heavy atom. The fourth-order valence-electron chi connectivity index (χ4n) is 4.87. The molecule has 2 unspecified atom stereocenters. The second-order valence-corrected chi connectivity index (χ2v) is 9.37. The normalized spacial score (nSPS) is 22.5. The zero-order valence-corrected chi connectivity index (χ0v) is 20.3. The molecule has 3 heterocycles. The van der Waals surface area contributed by atoms with Gasteiger partial charge in [0.25, 0.3) is 5.91 Å². The van der Waals surface area contributed by atoms with Crippen molar-refractivity contribution >= 4 is 11.8 Å². The maximum absolute atomic E-state index is 12.5. The standard InChI is InChI=1S/C28H35N5O2/c1-2-18-35-21-23-6-5-15-32(20-23)16-12-25-8-4-3-7-24(25)11-13-30-28(34)26-9-10-27(31-19-26)33-17-14-29-22-33/h2,9-12,14,16-17,19,22-25H,1,3-8,15,18,20-21H2/b16-12-/t23-,24?,25?/m0/s1. The van der Waals surface area contributed by atoms with Crippen LogP contribution in [-0.2, 0) is 4.74 Å². The molecule has 1 saturated carbocycles. The predicted octanol–water partition coefficient (Wildman–Crippen LogP) is 4.87. The Balaban J connectivity index is 1.32. The number of ether oxygens (including phenoxy) is 1. The molecule has 1 aliphatic heterocycles. The number of pyridine rings is 1. The molecule has 35 heavy (non-hydrogen) atoms. The summed E-state index contributed by atoms with van der Waals surface area (Å²) in [6.45, 7) is 7.30. The molecule has 7 nitrogen and oxygen atoms in total. The minimum atomic E-state index is -0.327. The van der Waals surface area contributed by atoms with Gasteiger partial charge in [0.1, 0.15) is 12.1 Å². The zero-order chi connectivity index (χ0) is 24.3. The number of likely N-dealkylation sites (tertiary alicyclic amines) is 1. The quantitative estimate of drug-likeness (QED) is 0.295. The number of carbonyl (C=O) groups excluding carboxylic acids is 1. The number of piperidine rings is 1. The van der Waals surface area contributed by atoms with Crippen LogP contribution in [0.3, 0.4) is 0 Å². The fourth-order valence-corrected chi connectivity index (χ4v) is 4.87. The van der Waals surface area contributed by atoms with Crippen molar-refractivity contribution in [3.8, 4) is 5.82 Å². The first-order chi connectivity index (χ1) is 17.2. The van der Waals surface area contributed by atoms with Crippen molar-refractivity contribution in [1.82, 2.24) is 19.4 Å². The van der Waals surface area contributed by atoms with Gasteiger partial charge in [-0.15, -0.1) is 6.58 Å². The van der Waals surface area contributed by atoms with Crippen LogP contribution in [0.1, 0.15) is 48.9 Å². The van der Waals surface area contributed by atoms with Crippen LogP contribution in [0.5, 0.6) is 0 Å². The molecule has 2 aliphatic rings. The maximum Gasteiger partial charge on any atom is 0.286 e. The molecule has 1 amide bonds. The molecule has 0 bridgehead atoms. The lowest BCUT2D eigenvalue weighted by Crippen LogP contribution is -2.34. The highest BCUT2D eigenvalue weighted by molar-refractivity contribution is 5.98. The van der Waals surface area contributed by atoms with Crippen molar-refractivity contribution in [3.05, 3.63) is 73.6 Å². The third kappa shape index (κ3) is 7.35. The molecule has 4 rings (SSSR count). The molecule has 2 aromatic rings. The lowest BCUT2D eigenvalue weighted by atomic mass is 9.79. The number of amides is 1. The van der Waals surface area contributed by atoms with Crippen LogP contribution >= 0.6 is 0 Å². The highest BCUT2D eigenvalue weighted by Gasteiger charge is 2.22. The number of aliphatic imine (C=N–C) groups is 1. The van der Waals surface area contributed by atoms with Gasteiger partial charge in [-0.2, -0.15) is 4.99 Å². The van der Waals surface area contributed by atoms with Gasteiger partial charge in [-0.1, -0.05) is 25.0 Å². The van der Waals surface area contributed by atoms with E-state index in [0.29, 0.717) is 35.7 Å². The Hall–Kier alpha value is -3.28. The first-order valence-electron chi connectivity index (χ1n) is 12.6. The smallest absolute Gasteiger partial charge is 0.286 e. The van der Waals surface area contributed by atoms with E-state index < -0.39 is 0 Å². The van der Waals surface area contributed by atoms with E-state index in [-0.39, 0.29) is 5.91 Å². The SMILES string of the molecule is C=CCOC[C@H]1CCCN(/C=C\C2CCCCC2C=C=NC(=O)c2ccc(-n3ccnc3)nc2)C1. The summed E-state index contributed by atoms with van der Waals surface area (Å²) >= 11 is 0. The van der Waals surface area contributed by atoms with E-state index in [1.807, 2.05) is 18.3 Å². The van der Waals surface area contributed by atoms with Gasteiger partial charge in [0.2, 0.25) is 0 Å². The molecular weight excluding hydrogens is 438 g/mol. The summed E-state index contributed by atoms with van der Waals surface area (Å²) in [7, 11) is 0. The second-order valence-electron chi connectivity index (χ2n) is 9.37. The van der Waals surface area contributed by atoms with Gasteiger partial charge in [-0.25, -0.2) is 9.97 Å². The summed E-state index contributed by atoms with van der Waals surface area (Å²) in [5, 5.41) is 0. The number of carbonyl (C=O) groups is 1. The van der Waals surface area contributed by atoms with Gasteiger partial charge in [-0.05, 0) is 73.7 Å². The number of hydrogen-bond donors (Lipinski definition) is 0. The van der Waals surface area contributed by atoms with Crippen molar-refractivity contribution in [2.75, 3.05) is 26.3 Å². The van der Waals surface area contributed by atoms with Crippen LogP contribution in [0.25, 0.3) is 5.82 Å². The van der Waals surface area contributed by atoms with Crippen LogP contribution in [-0.4, -0.2) is 57.5 Å². The Morgan fingerprint density at radius 2 is 2.11 bits per heavy atom. The fraction of sp³-hybridized carbons (Fsp3) is 0.464. The number of aromatic nitrogens is 3. The molecule has 2 aromatic heterocycles. The van der Waals surface area contributed by atoms with Crippen LogP contribution in [0.4, 0.5) is 0 Å². The Morgan fingerprint density at radius 1 is 1.23 bits per heavy atom. The van der Waals surface area contributed by atoms with E-state index in [1.165, 1.54) is 25.7 Å². The van der Waals surface area contributed by atoms with Crippen molar-refractivity contribution < 1.29 is 9.53 Å². The highest BCUT2D eigenvalue weighted by atomic mass is 16.5. The number of imidazole rings is 1. The summed E-state index contributed by atoms with van der Waals surface area (Å²) in [6.07, 6.45) is 22.3. The number of allylic oxidation sites excluding steroid dienone is 2. The molecule has 0 aromatic carbocycles. The lowest BCUT2D eigenvalue weighted by Gasteiger charge is -2.33. The van der Waals surface area contributed by atoms with E-state index in [2.05, 4.69) is 44.6 Å². The number of rotatable bonds is 9. The third-order valence-electron chi connectivity index (χ3n) is 6.78. The molecule has 7 heteroatoms. The molecule has 0 N–H and O–H groups in total. The van der Waals surface area contributed by atoms with E-state index in [4.69, 9.17) is 4.74 Å². The first-order valence-corrected chi connectivity index (χ1v) is 12.6. The number of nitrogens with zero attached hydrogens (tertiary/aromatic N) is 5. The number of hydrogen-bond acceptors (Lipinski definition) is 5. The molecule has 2 fully saturated rings. The van der Waals surface area contributed by atoms with Crippen molar-refractivity contribution in [1.29, 1.82) is 0 Å². The van der Waals surface area contributed by atoms with Gasteiger partial charge >= 0.3 is 0 Å². The molecular formula is C28H35N5O2. The van der Waals surface area contributed by atoms with Crippen LogP contribution in [0, 0.1) is 17.8 Å². The average Bonchev–Trinajstić information content (AvgIpc) is 3.44. The summed E-state index contributed by atoms with van der Waals surface area (Å²) < 4.78 is 7.46. The molecule has 0 radical (unpaired) electrons. The van der Waals surface area contributed by atoms with Gasteiger partial charge < -0.3 is 9.64 Å². The van der Waals surface area contributed by atoms with E-state index in [1.54, 1.807) is 35.4 Å². The summed E-state index contributed by atoms with van der Waals surface area (Å²) in [5.74, 6) is 4.71. The predicted molar refractivity (Wildman–Crippen MR) is 138 cm³/mol. The topological polar surface area (TPSA) is 72.6 Å². The molecule has 184 valence electrons. The summed E-state index contributed by atoms with van der Waals surface area (Å²) in [4.78, 5) is 27.3. The largest absolute Gasteiger partial charge is 0.377 e. The monoisotopic (exact) mass is 473 g/mol. The van der Waals surface area contributed by atoms with E-state index in [9.17, 15) is 4.79 Å². The zero-order valence-electron chi connectivity index (χ0n) is 20.3. The van der Waals surface area contributed by atoms with Gasteiger partial charge in [-0.3, -0.25) is 9.36 Å².